The van der Waals surface area contributed by atoms with Crippen LogP contribution in [-0.2, 0) is 0 Å². The molecule has 1 fully saturated rings. The Labute approximate surface area is 109 Å². The maximum atomic E-state index is 12.5. The van der Waals surface area contributed by atoms with E-state index in [1.807, 2.05) is 35.2 Å². The molecule has 98 valence electrons. The SMILES string of the molecule is CCCC[C@H]1CNCCN1C(=O)c1ccccc1. The Morgan fingerprint density at radius 3 is 2.89 bits per heavy atom. The number of hydrogen-bond acceptors (Lipinski definition) is 2. The smallest absolute Gasteiger partial charge is 0.254 e. The Balaban J connectivity index is 2.06. The summed E-state index contributed by atoms with van der Waals surface area (Å²) in [4.78, 5) is 14.5. The van der Waals surface area contributed by atoms with Gasteiger partial charge in [0.1, 0.15) is 0 Å². The van der Waals surface area contributed by atoms with Gasteiger partial charge in [0, 0.05) is 31.2 Å². The Hall–Kier alpha value is -1.35. The summed E-state index contributed by atoms with van der Waals surface area (Å²) in [5.41, 5.74) is 0.806. The van der Waals surface area contributed by atoms with Crippen molar-refractivity contribution in [2.45, 2.75) is 32.2 Å². The quantitative estimate of drug-likeness (QED) is 0.884. The summed E-state index contributed by atoms with van der Waals surface area (Å²) in [6.07, 6.45) is 3.47. The van der Waals surface area contributed by atoms with E-state index >= 15 is 0 Å². The lowest BCUT2D eigenvalue weighted by atomic mass is 10.0. The van der Waals surface area contributed by atoms with Crippen molar-refractivity contribution in [2.75, 3.05) is 19.6 Å². The molecule has 1 atom stereocenters. The largest absolute Gasteiger partial charge is 0.333 e. The number of nitrogens with one attached hydrogen (secondary N) is 1. The van der Waals surface area contributed by atoms with Gasteiger partial charge in [0.05, 0.1) is 0 Å². The molecule has 0 saturated carbocycles. The predicted octanol–water partition coefficient (Wildman–Crippen LogP) is 2.29. The molecule has 0 bridgehead atoms. The molecule has 0 radical (unpaired) electrons. The van der Waals surface area contributed by atoms with Crippen LogP contribution >= 0.6 is 0 Å². The van der Waals surface area contributed by atoms with Crippen molar-refractivity contribution in [3.05, 3.63) is 35.9 Å². The van der Waals surface area contributed by atoms with Gasteiger partial charge in [0.25, 0.3) is 5.91 Å². The third kappa shape index (κ3) is 3.10. The number of benzene rings is 1. The minimum absolute atomic E-state index is 0.179. The van der Waals surface area contributed by atoms with Gasteiger partial charge in [-0.2, -0.15) is 0 Å². The topological polar surface area (TPSA) is 32.3 Å². The molecule has 2 rings (SSSR count). The lowest BCUT2D eigenvalue weighted by Gasteiger charge is -2.36. The second kappa shape index (κ2) is 6.55. The summed E-state index contributed by atoms with van der Waals surface area (Å²) in [6.45, 7) is 4.85. The highest BCUT2D eigenvalue weighted by Gasteiger charge is 2.26. The van der Waals surface area contributed by atoms with Gasteiger partial charge >= 0.3 is 0 Å². The van der Waals surface area contributed by atoms with Crippen LogP contribution in [0.25, 0.3) is 0 Å². The number of piperazine rings is 1. The summed E-state index contributed by atoms with van der Waals surface area (Å²) in [6, 6.07) is 9.96. The molecule has 0 unspecified atom stereocenters. The van der Waals surface area contributed by atoms with E-state index < -0.39 is 0 Å². The molecule has 1 N–H and O–H groups in total. The third-order valence-electron chi connectivity index (χ3n) is 3.52. The van der Waals surface area contributed by atoms with Gasteiger partial charge in [-0.3, -0.25) is 4.79 Å². The highest BCUT2D eigenvalue weighted by Crippen LogP contribution is 2.15. The van der Waals surface area contributed by atoms with Gasteiger partial charge in [-0.25, -0.2) is 0 Å². The Bertz CT molecular complexity index is 377. The summed E-state index contributed by atoms with van der Waals surface area (Å²) < 4.78 is 0. The van der Waals surface area contributed by atoms with Crippen molar-refractivity contribution in [1.29, 1.82) is 0 Å². The highest BCUT2D eigenvalue weighted by atomic mass is 16.2. The first-order valence-corrected chi connectivity index (χ1v) is 6.89. The first-order chi connectivity index (χ1) is 8.83. The van der Waals surface area contributed by atoms with E-state index in [1.165, 1.54) is 12.8 Å². The molecule has 0 spiro atoms. The maximum absolute atomic E-state index is 12.5. The molecule has 1 saturated heterocycles. The zero-order valence-corrected chi connectivity index (χ0v) is 11.1. The molecular weight excluding hydrogens is 224 g/mol. The first kappa shape index (κ1) is 13.1. The van der Waals surface area contributed by atoms with Crippen LogP contribution in [0.4, 0.5) is 0 Å². The minimum Gasteiger partial charge on any atom is -0.333 e. The molecule has 3 heteroatoms. The van der Waals surface area contributed by atoms with Crippen molar-refractivity contribution in [3.8, 4) is 0 Å². The van der Waals surface area contributed by atoms with Crippen molar-refractivity contribution >= 4 is 5.91 Å². The minimum atomic E-state index is 0.179. The van der Waals surface area contributed by atoms with Crippen LogP contribution < -0.4 is 5.32 Å². The van der Waals surface area contributed by atoms with Gasteiger partial charge in [-0.05, 0) is 18.6 Å². The first-order valence-electron chi connectivity index (χ1n) is 6.89. The molecule has 1 aliphatic rings. The number of carbonyl (C=O) groups is 1. The van der Waals surface area contributed by atoms with E-state index in [0.29, 0.717) is 6.04 Å². The van der Waals surface area contributed by atoms with Crippen LogP contribution in [-0.4, -0.2) is 36.5 Å². The van der Waals surface area contributed by atoms with Crippen LogP contribution in [0.2, 0.25) is 0 Å². The van der Waals surface area contributed by atoms with E-state index in [1.54, 1.807) is 0 Å². The Morgan fingerprint density at radius 1 is 1.39 bits per heavy atom. The number of unbranched alkanes of at least 4 members (excludes halogenated alkanes) is 1. The van der Waals surface area contributed by atoms with Gasteiger partial charge < -0.3 is 10.2 Å². The molecule has 1 aromatic carbocycles. The van der Waals surface area contributed by atoms with Crippen LogP contribution in [0.1, 0.15) is 36.5 Å². The van der Waals surface area contributed by atoms with Gasteiger partial charge in [-0.1, -0.05) is 38.0 Å². The van der Waals surface area contributed by atoms with E-state index in [2.05, 4.69) is 12.2 Å². The lowest BCUT2D eigenvalue weighted by molar-refractivity contribution is 0.0622. The summed E-state index contributed by atoms with van der Waals surface area (Å²) >= 11 is 0. The van der Waals surface area contributed by atoms with Gasteiger partial charge in [-0.15, -0.1) is 0 Å². The molecule has 1 aromatic rings. The second-order valence-electron chi connectivity index (χ2n) is 4.86. The predicted molar refractivity (Wildman–Crippen MR) is 73.7 cm³/mol. The van der Waals surface area contributed by atoms with Crippen molar-refractivity contribution in [3.63, 3.8) is 0 Å². The summed E-state index contributed by atoms with van der Waals surface area (Å²) in [7, 11) is 0. The molecule has 1 aliphatic heterocycles. The average Bonchev–Trinajstić information content (AvgIpc) is 2.45. The number of carbonyl (C=O) groups excluding carboxylic acids is 1. The summed E-state index contributed by atoms with van der Waals surface area (Å²) in [5, 5.41) is 3.39. The van der Waals surface area contributed by atoms with Crippen molar-refractivity contribution in [2.24, 2.45) is 0 Å². The van der Waals surface area contributed by atoms with Gasteiger partial charge in [0.2, 0.25) is 0 Å². The summed E-state index contributed by atoms with van der Waals surface area (Å²) in [5.74, 6) is 0.179. The number of rotatable bonds is 4. The molecule has 1 amide bonds. The Morgan fingerprint density at radius 2 is 2.17 bits per heavy atom. The van der Waals surface area contributed by atoms with Crippen LogP contribution in [0, 0.1) is 0 Å². The van der Waals surface area contributed by atoms with E-state index in [9.17, 15) is 4.79 Å². The van der Waals surface area contributed by atoms with Crippen molar-refractivity contribution < 1.29 is 4.79 Å². The fourth-order valence-electron chi connectivity index (χ4n) is 2.47. The highest BCUT2D eigenvalue weighted by molar-refractivity contribution is 5.94. The van der Waals surface area contributed by atoms with Crippen LogP contribution in [0.15, 0.2) is 30.3 Å². The zero-order valence-electron chi connectivity index (χ0n) is 11.1. The molecule has 1 heterocycles. The molecular formula is C15H22N2O. The molecule has 0 aromatic heterocycles. The molecule has 18 heavy (non-hydrogen) atoms. The number of amides is 1. The number of nitrogens with zero attached hydrogens (tertiary/aromatic N) is 1. The fourth-order valence-corrected chi connectivity index (χ4v) is 2.47. The zero-order chi connectivity index (χ0) is 12.8. The van der Waals surface area contributed by atoms with Gasteiger partial charge in [0.15, 0.2) is 0 Å². The fraction of sp³-hybridized carbons (Fsp3) is 0.533. The lowest BCUT2D eigenvalue weighted by Crippen LogP contribution is -2.53. The van der Waals surface area contributed by atoms with Crippen LogP contribution in [0.3, 0.4) is 0 Å². The van der Waals surface area contributed by atoms with Crippen molar-refractivity contribution in [1.82, 2.24) is 10.2 Å². The normalized spacial score (nSPS) is 19.8. The number of hydrogen-bond donors (Lipinski definition) is 1. The monoisotopic (exact) mass is 246 g/mol. The standard InChI is InChI=1S/C15H22N2O/c1-2-3-9-14-12-16-10-11-17(14)15(18)13-7-5-4-6-8-13/h4-8,14,16H,2-3,9-12H2,1H3/t14-/m0/s1. The maximum Gasteiger partial charge on any atom is 0.254 e. The van der Waals surface area contributed by atoms with E-state index in [0.717, 1.165) is 31.6 Å². The Kier molecular flexibility index (Phi) is 4.76. The third-order valence-corrected chi connectivity index (χ3v) is 3.52. The second-order valence-corrected chi connectivity index (χ2v) is 4.86. The van der Waals surface area contributed by atoms with E-state index in [-0.39, 0.29) is 5.91 Å². The average molecular weight is 246 g/mol. The molecule has 3 nitrogen and oxygen atoms in total. The van der Waals surface area contributed by atoms with Crippen LogP contribution in [0.5, 0.6) is 0 Å². The molecule has 0 aliphatic carbocycles. The van der Waals surface area contributed by atoms with E-state index in [4.69, 9.17) is 0 Å².